The summed E-state index contributed by atoms with van der Waals surface area (Å²) in [6.45, 7) is 4.82. The molecule has 3 N–H and O–H groups in total. The summed E-state index contributed by atoms with van der Waals surface area (Å²) < 4.78 is 68.4. The average Bonchev–Trinajstić information content (AvgIpc) is 1.43. The monoisotopic (exact) mass is 1400 g/mol. The van der Waals surface area contributed by atoms with Crippen molar-refractivity contribution in [3.8, 4) is 0 Å². The molecular weight excluding hydrogens is 1260 g/mol. The smallest absolute Gasteiger partial charge is 0.462 e. The van der Waals surface area contributed by atoms with Gasteiger partial charge in [0, 0.05) is 25.7 Å². The van der Waals surface area contributed by atoms with E-state index >= 15 is 0 Å². The van der Waals surface area contributed by atoms with Crippen LogP contribution in [-0.2, 0) is 65.4 Å². The summed E-state index contributed by atoms with van der Waals surface area (Å²) in [5.41, 5.74) is 0. The molecule has 0 aromatic carbocycles. The van der Waals surface area contributed by atoms with Crippen molar-refractivity contribution in [2.24, 2.45) is 0 Å². The Hall–Kier alpha value is -3.24. The van der Waals surface area contributed by atoms with Crippen LogP contribution in [0.2, 0.25) is 0 Å². The number of carbonyl (C=O) groups is 4. The number of hydrogen-bond donors (Lipinski definition) is 3. The Kier molecular flexibility index (Phi) is 67.8. The maximum absolute atomic E-state index is 13.1. The highest BCUT2D eigenvalue weighted by Gasteiger charge is 2.30. The van der Waals surface area contributed by atoms with Crippen LogP contribution in [0.1, 0.15) is 349 Å². The third kappa shape index (κ3) is 69.2. The van der Waals surface area contributed by atoms with Crippen LogP contribution in [0.4, 0.5) is 0 Å². The largest absolute Gasteiger partial charge is 0.472 e. The summed E-state index contributed by atoms with van der Waals surface area (Å²) in [4.78, 5) is 72.8. The van der Waals surface area contributed by atoms with E-state index < -0.39 is 97.5 Å². The van der Waals surface area contributed by atoms with Gasteiger partial charge >= 0.3 is 39.5 Å². The van der Waals surface area contributed by atoms with E-state index in [9.17, 15) is 43.2 Å². The van der Waals surface area contributed by atoms with E-state index in [0.717, 1.165) is 154 Å². The van der Waals surface area contributed by atoms with E-state index in [1.165, 1.54) is 116 Å². The van der Waals surface area contributed by atoms with E-state index in [1.54, 1.807) is 0 Å². The number of phosphoric acid groups is 2. The first-order valence-corrected chi connectivity index (χ1v) is 41.5. The minimum Gasteiger partial charge on any atom is -0.462 e. The maximum atomic E-state index is 13.1. The molecule has 0 bridgehead atoms. The first kappa shape index (κ1) is 92.8. The van der Waals surface area contributed by atoms with Gasteiger partial charge in [-0.05, 0) is 128 Å². The lowest BCUT2D eigenvalue weighted by Crippen LogP contribution is -2.30. The first-order chi connectivity index (χ1) is 46.7. The molecule has 0 radical (unpaired) electrons. The zero-order valence-electron chi connectivity index (χ0n) is 61.1. The van der Waals surface area contributed by atoms with Crippen LogP contribution in [0.15, 0.2) is 60.8 Å². The molecule has 0 spiro atoms. The topological polar surface area (TPSA) is 237 Å². The van der Waals surface area contributed by atoms with Crippen molar-refractivity contribution in [2.75, 3.05) is 39.6 Å². The summed E-state index contributed by atoms with van der Waals surface area (Å²) in [6, 6.07) is 0. The first-order valence-electron chi connectivity index (χ1n) is 38.5. The van der Waals surface area contributed by atoms with Crippen LogP contribution in [0, 0.1) is 0 Å². The number of hydrogen-bond acceptors (Lipinski definition) is 15. The second-order valence-corrected chi connectivity index (χ2v) is 28.9. The van der Waals surface area contributed by atoms with Gasteiger partial charge in [-0.2, -0.15) is 0 Å². The van der Waals surface area contributed by atoms with Crippen LogP contribution >= 0.6 is 15.6 Å². The highest BCUT2D eigenvalue weighted by Crippen LogP contribution is 2.45. The van der Waals surface area contributed by atoms with Gasteiger partial charge in [0.1, 0.15) is 19.3 Å². The van der Waals surface area contributed by atoms with Gasteiger partial charge in [0.2, 0.25) is 0 Å². The molecular formula is C77H140O17P2. The molecule has 0 aliphatic heterocycles. The Morgan fingerprint density at radius 3 is 0.792 bits per heavy atom. The molecule has 0 fully saturated rings. The van der Waals surface area contributed by atoms with Gasteiger partial charge in [0.25, 0.3) is 0 Å². The Morgan fingerprint density at radius 1 is 0.292 bits per heavy atom. The molecule has 560 valence electrons. The number of aliphatic hydroxyl groups is 1. The summed E-state index contributed by atoms with van der Waals surface area (Å²) in [5, 5.41) is 10.6. The fourth-order valence-corrected chi connectivity index (χ4v) is 12.1. The molecule has 0 rings (SSSR count). The number of esters is 4. The molecule has 0 aliphatic rings. The molecule has 5 atom stereocenters. The number of aliphatic hydroxyl groups excluding tert-OH is 1. The number of ether oxygens (including phenoxy) is 4. The predicted molar refractivity (Wildman–Crippen MR) is 390 cm³/mol. The second-order valence-electron chi connectivity index (χ2n) is 26.0. The minimum absolute atomic E-state index is 0.0792. The Morgan fingerprint density at radius 2 is 0.510 bits per heavy atom. The molecule has 0 amide bonds. The minimum atomic E-state index is -4.97. The summed E-state index contributed by atoms with van der Waals surface area (Å²) in [6.07, 6.45) is 67.8. The van der Waals surface area contributed by atoms with Gasteiger partial charge < -0.3 is 33.8 Å². The van der Waals surface area contributed by atoms with Crippen LogP contribution in [0.3, 0.4) is 0 Å². The van der Waals surface area contributed by atoms with E-state index in [4.69, 9.17) is 37.0 Å². The van der Waals surface area contributed by atoms with E-state index in [0.29, 0.717) is 25.7 Å². The van der Waals surface area contributed by atoms with Gasteiger partial charge in [-0.3, -0.25) is 37.3 Å². The lowest BCUT2D eigenvalue weighted by atomic mass is 10.1. The van der Waals surface area contributed by atoms with Crippen LogP contribution in [-0.4, -0.2) is 96.7 Å². The van der Waals surface area contributed by atoms with Crippen LogP contribution in [0.5, 0.6) is 0 Å². The molecule has 0 aromatic heterocycles. The predicted octanol–water partition coefficient (Wildman–Crippen LogP) is 21.9. The van der Waals surface area contributed by atoms with Crippen molar-refractivity contribution in [3.63, 3.8) is 0 Å². The highest BCUT2D eigenvalue weighted by atomic mass is 31.2. The van der Waals surface area contributed by atoms with Gasteiger partial charge in [-0.1, -0.05) is 255 Å². The third-order valence-corrected chi connectivity index (χ3v) is 18.4. The van der Waals surface area contributed by atoms with E-state index in [1.807, 2.05) is 0 Å². The zero-order valence-corrected chi connectivity index (χ0v) is 62.8. The van der Waals surface area contributed by atoms with E-state index in [-0.39, 0.29) is 25.7 Å². The van der Waals surface area contributed by atoms with E-state index in [2.05, 4.69) is 88.5 Å². The molecule has 0 saturated heterocycles. The third-order valence-electron chi connectivity index (χ3n) is 16.5. The maximum Gasteiger partial charge on any atom is 0.472 e. The Labute approximate surface area is 584 Å². The molecule has 96 heavy (non-hydrogen) atoms. The van der Waals surface area contributed by atoms with Crippen molar-refractivity contribution >= 4 is 39.5 Å². The second kappa shape index (κ2) is 70.2. The molecule has 17 nitrogen and oxygen atoms in total. The lowest BCUT2D eigenvalue weighted by Gasteiger charge is -2.21. The van der Waals surface area contributed by atoms with Gasteiger partial charge in [0.15, 0.2) is 12.2 Å². The normalized spacial score (nSPS) is 14.3. The summed E-state index contributed by atoms with van der Waals surface area (Å²) in [7, 11) is -9.94. The van der Waals surface area contributed by atoms with Crippen molar-refractivity contribution in [1.29, 1.82) is 0 Å². The molecule has 0 heterocycles. The summed E-state index contributed by atoms with van der Waals surface area (Å²) >= 11 is 0. The Balaban J connectivity index is 5.35. The van der Waals surface area contributed by atoms with Crippen LogP contribution in [0.25, 0.3) is 0 Å². The Bertz CT molecular complexity index is 2060. The standard InChI is InChI=1S/C77H140O17P2/c1-5-9-13-17-21-25-29-33-35-39-42-46-50-54-58-62-75(80)88-68-73(94-77(82)64-60-56-52-48-44-40-36-34-30-26-22-18-14-10-6-2)70-92-96(85,86)90-66-71(78)65-89-95(83,84)91-69-72(93-76(81)63-59-55-51-47-43-38-32-28-24-20-16-12-8-4)67-87-74(79)61-57-53-49-45-41-37-31-27-23-19-15-11-7-3/h26-28,30-36,71-73,78H,5-25,29,37-70H2,1-4H3,(H,83,84)(H,85,86)/b30-26-,31-27-,32-28-,35-33-,36-34-/t71-,72-,73-/m1/s1. The lowest BCUT2D eigenvalue weighted by molar-refractivity contribution is -0.161. The molecule has 19 heteroatoms. The van der Waals surface area contributed by atoms with Crippen molar-refractivity contribution < 1.29 is 80.2 Å². The number of allylic oxidation sites excluding steroid dienone is 10. The molecule has 2 unspecified atom stereocenters. The summed E-state index contributed by atoms with van der Waals surface area (Å²) in [5.74, 6) is -2.19. The van der Waals surface area contributed by atoms with Crippen LogP contribution < -0.4 is 0 Å². The van der Waals surface area contributed by atoms with Crippen molar-refractivity contribution in [2.45, 2.75) is 367 Å². The quantitative estimate of drug-likeness (QED) is 0.0128. The fourth-order valence-electron chi connectivity index (χ4n) is 10.5. The molecule has 0 aliphatic carbocycles. The fraction of sp³-hybridized carbons (Fsp3) is 0.818. The average molecular weight is 1400 g/mol. The SMILES string of the molecule is CCCCCC/C=C\C=C/CCCCCCCC(=O)O[C@H](COC(=O)CCCCCCC/C=C\CCCCCCCC)COP(=O)(O)OC[C@H](O)COP(=O)(O)OC[C@@H](COC(=O)CCCCCCC/C=C\CCCCCC)OC(=O)CCCCCCC/C=C\CCCCCC. The van der Waals surface area contributed by atoms with Crippen molar-refractivity contribution in [3.05, 3.63) is 60.8 Å². The molecule has 0 saturated carbocycles. The highest BCUT2D eigenvalue weighted by molar-refractivity contribution is 7.47. The number of rotatable bonds is 73. The number of phosphoric ester groups is 2. The number of unbranched alkanes of at least 4 members (excludes halogenated alkanes) is 38. The number of carbonyl (C=O) groups excluding carboxylic acids is 4. The van der Waals surface area contributed by atoms with Gasteiger partial charge in [-0.15, -0.1) is 0 Å². The van der Waals surface area contributed by atoms with Gasteiger partial charge in [0.05, 0.1) is 26.4 Å². The van der Waals surface area contributed by atoms with Crippen molar-refractivity contribution in [1.82, 2.24) is 0 Å². The molecule has 0 aromatic rings. The zero-order chi connectivity index (χ0) is 70.4. The van der Waals surface area contributed by atoms with Gasteiger partial charge in [-0.25, -0.2) is 9.13 Å².